The lowest BCUT2D eigenvalue weighted by atomic mass is 10.1. The van der Waals surface area contributed by atoms with Gasteiger partial charge in [0.1, 0.15) is 0 Å². The summed E-state index contributed by atoms with van der Waals surface area (Å²) in [7, 11) is 0. The fourth-order valence-corrected chi connectivity index (χ4v) is 4.48. The minimum atomic E-state index is -0.712. The van der Waals surface area contributed by atoms with Crippen LogP contribution in [0.1, 0.15) is 36.6 Å². The Kier molecular flexibility index (Phi) is 6.49. The van der Waals surface area contributed by atoms with E-state index in [2.05, 4.69) is 4.90 Å². The number of anilines is 1. The second kappa shape index (κ2) is 10.0. The van der Waals surface area contributed by atoms with Crippen LogP contribution in [0.25, 0.3) is 0 Å². The number of nitrogens with zero attached hydrogens (tertiary/aromatic N) is 3. The number of rotatable bonds is 6. The summed E-state index contributed by atoms with van der Waals surface area (Å²) in [6.45, 7) is 2.25. The minimum absolute atomic E-state index is 0.123. The number of carbonyl (C=O) groups is 4. The van der Waals surface area contributed by atoms with E-state index in [-0.39, 0.29) is 35.7 Å². The zero-order valence-electron chi connectivity index (χ0n) is 19.6. The summed E-state index contributed by atoms with van der Waals surface area (Å²) in [4.78, 5) is 55.9. The van der Waals surface area contributed by atoms with Gasteiger partial charge in [-0.15, -0.1) is 0 Å². The lowest BCUT2D eigenvalue weighted by molar-refractivity contribution is -0.134. The molecule has 0 N–H and O–H groups in total. The molecule has 0 atom stereocenters. The van der Waals surface area contributed by atoms with Crippen LogP contribution in [0.2, 0.25) is 0 Å². The number of imide groups is 1. The standard InChI is InChI=1S/C28H25N3O5/c32-25(30-15-13-29(14-16-30)22-9-5-2-6-10-22)19-36-28(35)21-11-12-23-24(17-21)27(34)31(26(23)33)18-20-7-3-1-4-8-20/h1-12,17H,13-16,18-19H2. The fourth-order valence-electron chi connectivity index (χ4n) is 4.48. The molecule has 2 aliphatic heterocycles. The molecule has 182 valence electrons. The van der Waals surface area contributed by atoms with E-state index in [1.54, 1.807) is 4.90 Å². The van der Waals surface area contributed by atoms with Crippen LogP contribution < -0.4 is 4.90 Å². The van der Waals surface area contributed by atoms with Crippen molar-refractivity contribution in [1.82, 2.24) is 9.80 Å². The Balaban J connectivity index is 1.17. The maximum atomic E-state index is 12.9. The van der Waals surface area contributed by atoms with Crippen LogP contribution in [0.15, 0.2) is 78.9 Å². The molecule has 3 aromatic carbocycles. The highest BCUT2D eigenvalue weighted by molar-refractivity contribution is 6.21. The number of fused-ring (bicyclic) bond motifs is 1. The predicted octanol–water partition coefficient (Wildman–Crippen LogP) is 2.99. The van der Waals surface area contributed by atoms with Crippen LogP contribution in [0, 0.1) is 0 Å². The van der Waals surface area contributed by atoms with E-state index in [0.29, 0.717) is 26.2 Å². The summed E-state index contributed by atoms with van der Waals surface area (Å²) in [6, 6.07) is 23.5. The molecule has 1 fully saturated rings. The normalized spacial score (nSPS) is 15.2. The highest BCUT2D eigenvalue weighted by Crippen LogP contribution is 2.26. The van der Waals surface area contributed by atoms with E-state index in [1.807, 2.05) is 60.7 Å². The number of hydrogen-bond donors (Lipinski definition) is 0. The first-order valence-electron chi connectivity index (χ1n) is 11.8. The predicted molar refractivity (Wildman–Crippen MR) is 133 cm³/mol. The third-order valence-electron chi connectivity index (χ3n) is 6.47. The summed E-state index contributed by atoms with van der Waals surface area (Å²) in [5.74, 6) is -1.84. The third-order valence-corrected chi connectivity index (χ3v) is 6.47. The van der Waals surface area contributed by atoms with Crippen LogP contribution >= 0.6 is 0 Å². The average molecular weight is 484 g/mol. The molecule has 3 aromatic rings. The van der Waals surface area contributed by atoms with Gasteiger partial charge in [0.25, 0.3) is 17.7 Å². The minimum Gasteiger partial charge on any atom is -0.452 e. The summed E-state index contributed by atoms with van der Waals surface area (Å²) in [5, 5.41) is 0. The number of hydrogen-bond acceptors (Lipinski definition) is 6. The Labute approximate surface area is 208 Å². The smallest absolute Gasteiger partial charge is 0.338 e. The summed E-state index contributed by atoms with van der Waals surface area (Å²) >= 11 is 0. The van der Waals surface area contributed by atoms with Gasteiger partial charge in [-0.1, -0.05) is 48.5 Å². The van der Waals surface area contributed by atoms with Crippen LogP contribution in [0.5, 0.6) is 0 Å². The fraction of sp³-hybridized carbons (Fsp3) is 0.214. The van der Waals surface area contributed by atoms with E-state index in [1.165, 1.54) is 18.2 Å². The molecule has 8 nitrogen and oxygen atoms in total. The molecule has 0 aromatic heterocycles. The van der Waals surface area contributed by atoms with Crippen LogP contribution in [-0.4, -0.2) is 66.3 Å². The first kappa shape index (κ1) is 23.3. The molecule has 0 spiro atoms. The van der Waals surface area contributed by atoms with Crippen molar-refractivity contribution < 1.29 is 23.9 Å². The molecule has 3 amide bonds. The number of ether oxygens (including phenoxy) is 1. The van der Waals surface area contributed by atoms with Crippen molar-refractivity contribution >= 4 is 29.4 Å². The zero-order valence-corrected chi connectivity index (χ0v) is 19.6. The highest BCUT2D eigenvalue weighted by Gasteiger charge is 2.36. The number of carbonyl (C=O) groups excluding carboxylic acids is 4. The van der Waals surface area contributed by atoms with Crippen molar-refractivity contribution in [2.75, 3.05) is 37.7 Å². The van der Waals surface area contributed by atoms with E-state index in [9.17, 15) is 19.2 Å². The monoisotopic (exact) mass is 483 g/mol. The van der Waals surface area contributed by atoms with Crippen LogP contribution in [0.3, 0.4) is 0 Å². The first-order valence-corrected chi connectivity index (χ1v) is 11.8. The number of piperazine rings is 1. The van der Waals surface area contributed by atoms with Gasteiger partial charge < -0.3 is 14.5 Å². The number of esters is 1. The summed E-state index contributed by atoms with van der Waals surface area (Å²) in [6.07, 6.45) is 0. The molecule has 0 bridgehead atoms. The van der Waals surface area contributed by atoms with Gasteiger partial charge in [0, 0.05) is 31.9 Å². The molecular formula is C28H25N3O5. The van der Waals surface area contributed by atoms with Crippen LogP contribution in [0.4, 0.5) is 5.69 Å². The number of amides is 3. The molecule has 0 radical (unpaired) electrons. The molecule has 0 saturated carbocycles. The molecule has 36 heavy (non-hydrogen) atoms. The van der Waals surface area contributed by atoms with Gasteiger partial charge in [0.05, 0.1) is 23.2 Å². The second-order valence-electron chi connectivity index (χ2n) is 8.72. The maximum Gasteiger partial charge on any atom is 0.338 e. The summed E-state index contributed by atoms with van der Waals surface area (Å²) in [5.41, 5.74) is 2.48. The quantitative estimate of drug-likeness (QED) is 0.396. The molecule has 0 unspecified atom stereocenters. The van der Waals surface area contributed by atoms with Crippen molar-refractivity contribution in [2.45, 2.75) is 6.54 Å². The topological polar surface area (TPSA) is 87.2 Å². The summed E-state index contributed by atoms with van der Waals surface area (Å²) < 4.78 is 5.25. The molecular weight excluding hydrogens is 458 g/mol. The Bertz CT molecular complexity index is 1300. The van der Waals surface area contributed by atoms with E-state index < -0.39 is 17.8 Å². The average Bonchev–Trinajstić information content (AvgIpc) is 3.17. The van der Waals surface area contributed by atoms with Crippen molar-refractivity contribution in [3.8, 4) is 0 Å². The number of benzene rings is 3. The van der Waals surface area contributed by atoms with E-state index in [4.69, 9.17) is 4.74 Å². The highest BCUT2D eigenvalue weighted by atomic mass is 16.5. The molecule has 2 aliphatic rings. The van der Waals surface area contributed by atoms with Gasteiger partial charge in [-0.2, -0.15) is 0 Å². The van der Waals surface area contributed by atoms with Gasteiger partial charge in [-0.3, -0.25) is 19.3 Å². The van der Waals surface area contributed by atoms with E-state index >= 15 is 0 Å². The Morgan fingerprint density at radius 2 is 1.39 bits per heavy atom. The zero-order chi connectivity index (χ0) is 25.1. The van der Waals surface area contributed by atoms with Gasteiger partial charge in [0.15, 0.2) is 6.61 Å². The number of para-hydroxylation sites is 1. The van der Waals surface area contributed by atoms with Crippen LogP contribution in [-0.2, 0) is 16.1 Å². The largest absolute Gasteiger partial charge is 0.452 e. The molecule has 1 saturated heterocycles. The molecule has 5 rings (SSSR count). The second-order valence-corrected chi connectivity index (χ2v) is 8.72. The Morgan fingerprint density at radius 3 is 2.08 bits per heavy atom. The molecule has 2 heterocycles. The van der Waals surface area contributed by atoms with Gasteiger partial charge in [-0.25, -0.2) is 4.79 Å². The Morgan fingerprint density at radius 1 is 0.750 bits per heavy atom. The molecule has 0 aliphatic carbocycles. The lowest BCUT2D eigenvalue weighted by Gasteiger charge is -2.36. The molecule has 8 heteroatoms. The SMILES string of the molecule is O=C(OCC(=O)N1CCN(c2ccccc2)CC1)c1ccc2c(c1)C(=O)N(Cc1ccccc1)C2=O. The van der Waals surface area contributed by atoms with Crippen molar-refractivity contribution in [3.05, 3.63) is 101 Å². The lowest BCUT2D eigenvalue weighted by Crippen LogP contribution is -2.49. The van der Waals surface area contributed by atoms with E-state index in [0.717, 1.165) is 16.2 Å². The van der Waals surface area contributed by atoms with Crippen molar-refractivity contribution in [1.29, 1.82) is 0 Å². The maximum absolute atomic E-state index is 12.9. The Hall–Kier alpha value is -4.46. The van der Waals surface area contributed by atoms with Crippen molar-refractivity contribution in [3.63, 3.8) is 0 Å². The van der Waals surface area contributed by atoms with Gasteiger partial charge >= 0.3 is 5.97 Å². The van der Waals surface area contributed by atoms with Gasteiger partial charge in [0.2, 0.25) is 0 Å². The van der Waals surface area contributed by atoms with Gasteiger partial charge in [-0.05, 0) is 35.9 Å². The first-order chi connectivity index (χ1) is 17.5. The van der Waals surface area contributed by atoms with Crippen molar-refractivity contribution in [2.24, 2.45) is 0 Å². The third kappa shape index (κ3) is 4.70.